The van der Waals surface area contributed by atoms with Crippen molar-refractivity contribution in [2.75, 3.05) is 31.2 Å². The molecular weight excluding hydrogens is 422 g/mol. The Morgan fingerprint density at radius 1 is 1.09 bits per heavy atom. The van der Waals surface area contributed by atoms with E-state index in [0.29, 0.717) is 25.0 Å². The van der Waals surface area contributed by atoms with Gasteiger partial charge in [0.2, 0.25) is 0 Å². The largest absolute Gasteiger partial charge is 0.485 e. The topological polar surface area (TPSA) is 91.6 Å². The molecule has 1 saturated heterocycles. The van der Waals surface area contributed by atoms with Crippen molar-refractivity contribution < 1.29 is 14.2 Å². The highest BCUT2D eigenvalue weighted by Gasteiger charge is 2.35. The Morgan fingerprint density at radius 2 is 1.82 bits per heavy atom. The summed E-state index contributed by atoms with van der Waals surface area (Å²) in [5, 5.41) is 0. The van der Waals surface area contributed by atoms with Gasteiger partial charge in [0.1, 0.15) is 23.0 Å². The maximum absolute atomic E-state index is 12.3. The predicted molar refractivity (Wildman–Crippen MR) is 124 cm³/mol. The van der Waals surface area contributed by atoms with E-state index in [9.17, 15) is 4.79 Å². The molecule has 1 aliphatic heterocycles. The fourth-order valence-corrected chi connectivity index (χ4v) is 4.60. The quantitative estimate of drug-likeness (QED) is 0.585. The number of hydrogen-bond donors (Lipinski definition) is 0. The minimum atomic E-state index is -0.375. The molecule has 0 N–H and O–H groups in total. The highest BCUT2D eigenvalue weighted by Crippen LogP contribution is 2.38. The number of hydrogen-bond acceptors (Lipinski definition) is 8. The monoisotopic (exact) mass is 451 g/mol. The first-order chi connectivity index (χ1) is 16.0. The molecule has 33 heavy (non-hydrogen) atoms. The van der Waals surface area contributed by atoms with Gasteiger partial charge in [0.05, 0.1) is 24.9 Å². The van der Waals surface area contributed by atoms with Gasteiger partial charge in [0.15, 0.2) is 0 Å². The molecule has 1 aromatic carbocycles. The molecule has 3 heterocycles. The molecule has 1 aliphatic carbocycles. The summed E-state index contributed by atoms with van der Waals surface area (Å²) in [6.07, 6.45) is 8.12. The Labute approximate surface area is 192 Å². The van der Waals surface area contributed by atoms with Crippen LogP contribution in [0.25, 0.3) is 11.0 Å². The lowest BCUT2D eigenvalue weighted by atomic mass is 9.84. The molecule has 0 amide bonds. The Hall–Kier alpha value is -3.20. The third-order valence-electron chi connectivity index (χ3n) is 6.56. The number of fused-ring (bicyclic) bond motifs is 1. The molecule has 1 saturated carbocycles. The summed E-state index contributed by atoms with van der Waals surface area (Å²) in [6, 6.07) is 6.26. The van der Waals surface area contributed by atoms with Crippen molar-refractivity contribution in [2.45, 2.75) is 44.3 Å². The fraction of sp³-hybridized carbons (Fsp3) is 0.500. The van der Waals surface area contributed by atoms with Crippen LogP contribution < -0.4 is 19.9 Å². The maximum Gasteiger partial charge on any atom is 0.316 e. The van der Waals surface area contributed by atoms with Gasteiger partial charge in [0.25, 0.3) is 5.56 Å². The molecule has 0 unspecified atom stereocenters. The lowest BCUT2D eigenvalue weighted by Gasteiger charge is -2.38. The predicted octanol–water partition coefficient (Wildman–Crippen LogP) is 2.72. The van der Waals surface area contributed by atoms with E-state index < -0.39 is 0 Å². The first kappa shape index (κ1) is 21.6. The fourth-order valence-electron chi connectivity index (χ4n) is 4.60. The lowest BCUT2D eigenvalue weighted by molar-refractivity contribution is 0.00777. The van der Waals surface area contributed by atoms with Crippen molar-refractivity contribution in [3.8, 4) is 11.8 Å². The summed E-state index contributed by atoms with van der Waals surface area (Å²) in [5.74, 6) is 0.690. The lowest BCUT2D eigenvalue weighted by Crippen LogP contribution is -2.40. The normalized spacial score (nSPS) is 23.5. The number of benzene rings is 1. The van der Waals surface area contributed by atoms with Gasteiger partial charge in [-0.1, -0.05) is 0 Å². The second-order valence-electron chi connectivity index (χ2n) is 8.97. The van der Waals surface area contributed by atoms with E-state index in [4.69, 9.17) is 14.2 Å². The summed E-state index contributed by atoms with van der Waals surface area (Å²) in [7, 11) is 1.76. The van der Waals surface area contributed by atoms with E-state index in [1.807, 2.05) is 12.1 Å². The summed E-state index contributed by atoms with van der Waals surface area (Å²) in [4.78, 5) is 27.4. The highest BCUT2D eigenvalue weighted by atomic mass is 16.5. The van der Waals surface area contributed by atoms with E-state index >= 15 is 0 Å². The van der Waals surface area contributed by atoms with Crippen molar-refractivity contribution in [1.82, 2.24) is 19.5 Å². The third kappa shape index (κ3) is 4.64. The summed E-state index contributed by atoms with van der Waals surface area (Å²) in [6.45, 7) is 5.14. The van der Waals surface area contributed by atoms with Gasteiger partial charge in [-0.3, -0.25) is 4.79 Å². The number of ether oxygens (including phenoxy) is 3. The van der Waals surface area contributed by atoms with Crippen LogP contribution in [0.3, 0.4) is 0 Å². The number of rotatable bonds is 5. The summed E-state index contributed by atoms with van der Waals surface area (Å²) >= 11 is 0. The molecule has 0 bridgehead atoms. The van der Waals surface area contributed by atoms with Gasteiger partial charge in [-0.05, 0) is 44.7 Å². The molecule has 2 aliphatic rings. The molecule has 0 spiro atoms. The van der Waals surface area contributed by atoms with Gasteiger partial charge in [-0.2, -0.15) is 0 Å². The molecule has 2 aromatic heterocycles. The van der Waals surface area contributed by atoms with Gasteiger partial charge in [-0.25, -0.2) is 15.0 Å². The van der Waals surface area contributed by atoms with Gasteiger partial charge in [0, 0.05) is 44.3 Å². The summed E-state index contributed by atoms with van der Waals surface area (Å²) in [5.41, 5.74) is 1.97. The van der Waals surface area contributed by atoms with Crippen LogP contribution in [0, 0.1) is 0 Å². The van der Waals surface area contributed by atoms with Crippen LogP contribution in [0.5, 0.6) is 11.8 Å². The molecule has 9 heteroatoms. The Balaban J connectivity index is 1.40. The van der Waals surface area contributed by atoms with E-state index in [1.165, 1.54) is 6.20 Å². The molecule has 9 nitrogen and oxygen atoms in total. The molecule has 0 radical (unpaired) electrons. The maximum atomic E-state index is 12.3. The van der Waals surface area contributed by atoms with Gasteiger partial charge < -0.3 is 23.7 Å². The molecule has 174 valence electrons. The minimum absolute atomic E-state index is 0.0616. The molecular formula is C24H29N5O4. The number of aromatic nitrogens is 4. The average Bonchev–Trinajstić information content (AvgIpc) is 2.84. The number of aryl methyl sites for hydroxylation is 1. The molecule has 2 fully saturated rings. The smallest absolute Gasteiger partial charge is 0.316 e. The molecule has 5 rings (SSSR count). The van der Waals surface area contributed by atoms with Crippen molar-refractivity contribution in [3.05, 3.63) is 47.1 Å². The van der Waals surface area contributed by atoms with Crippen molar-refractivity contribution in [2.24, 2.45) is 7.05 Å². The van der Waals surface area contributed by atoms with Crippen LogP contribution in [0.15, 0.2) is 41.6 Å². The number of anilines is 1. The first-order valence-corrected chi connectivity index (χ1v) is 11.5. The van der Waals surface area contributed by atoms with E-state index in [1.54, 1.807) is 30.1 Å². The van der Waals surface area contributed by atoms with Gasteiger partial charge >= 0.3 is 6.01 Å². The molecule has 0 atom stereocenters. The van der Waals surface area contributed by atoms with Crippen LogP contribution in [0.2, 0.25) is 0 Å². The zero-order valence-corrected chi connectivity index (χ0v) is 19.1. The number of morpholine rings is 1. The SMILES string of the molecule is Cn1c(=O)cnc2cc(N3CCOCC3)cc(O[C@]3(C)CC[C@@H](Oc4ncccn4)CC3)c21. The second-order valence-corrected chi connectivity index (χ2v) is 8.97. The van der Waals surface area contributed by atoms with Gasteiger partial charge in [-0.15, -0.1) is 0 Å². The molecule has 3 aromatic rings. The van der Waals surface area contributed by atoms with E-state index in [-0.39, 0.29) is 17.3 Å². The Morgan fingerprint density at radius 3 is 2.55 bits per heavy atom. The van der Waals surface area contributed by atoms with Crippen molar-refractivity contribution in [1.29, 1.82) is 0 Å². The summed E-state index contributed by atoms with van der Waals surface area (Å²) < 4.78 is 19.8. The third-order valence-corrected chi connectivity index (χ3v) is 6.56. The van der Waals surface area contributed by atoms with Crippen LogP contribution in [-0.2, 0) is 11.8 Å². The van der Waals surface area contributed by atoms with Crippen LogP contribution in [0.1, 0.15) is 32.6 Å². The second kappa shape index (κ2) is 8.97. The van der Waals surface area contributed by atoms with Crippen molar-refractivity contribution in [3.63, 3.8) is 0 Å². The van der Waals surface area contributed by atoms with E-state index in [0.717, 1.165) is 55.5 Å². The number of nitrogens with zero attached hydrogens (tertiary/aromatic N) is 5. The van der Waals surface area contributed by atoms with Crippen LogP contribution in [-0.4, -0.2) is 57.5 Å². The van der Waals surface area contributed by atoms with Crippen molar-refractivity contribution >= 4 is 16.7 Å². The zero-order valence-electron chi connectivity index (χ0n) is 19.1. The van der Waals surface area contributed by atoms with Crippen LogP contribution in [0.4, 0.5) is 5.69 Å². The Bertz CT molecular complexity index is 1170. The van der Waals surface area contributed by atoms with E-state index in [2.05, 4.69) is 26.8 Å². The highest BCUT2D eigenvalue weighted by molar-refractivity contribution is 5.86. The first-order valence-electron chi connectivity index (χ1n) is 11.5. The zero-order chi connectivity index (χ0) is 22.8. The standard InChI is InChI=1S/C24H29N5O4/c1-24(6-4-18(5-7-24)32-23-25-8-3-9-26-23)33-20-15-17(29-10-12-31-13-11-29)14-19-22(20)28(2)21(30)16-27-19/h3,8-9,14-16,18H,4-7,10-13H2,1-2H3/t18-,24-. The Kier molecular flexibility index (Phi) is 5.88. The minimum Gasteiger partial charge on any atom is -0.485 e. The average molecular weight is 452 g/mol. The van der Waals surface area contributed by atoms with Crippen LogP contribution >= 0.6 is 0 Å².